The summed E-state index contributed by atoms with van der Waals surface area (Å²) in [6.45, 7) is 8.13. The van der Waals surface area contributed by atoms with Crippen LogP contribution in [-0.4, -0.2) is 51.7 Å². The molecule has 6 heteroatoms. The van der Waals surface area contributed by atoms with Crippen molar-refractivity contribution in [3.05, 3.63) is 93.7 Å². The number of rotatable bonds is 9. The second kappa shape index (κ2) is 10.5. The normalized spacial score (nSPS) is 15.4. The van der Waals surface area contributed by atoms with Crippen molar-refractivity contribution in [2.24, 2.45) is 0 Å². The van der Waals surface area contributed by atoms with Crippen molar-refractivity contribution in [1.82, 2.24) is 18.9 Å². The van der Waals surface area contributed by atoms with Gasteiger partial charge < -0.3 is 4.90 Å². The standard InChI is InChI=1S/C27H32N4OS/c32-27-30(26-25(13-20-33-26)31(27)22-24-11-5-2-6-12-24)15-8-7-14-28-16-18-29(19-17-28)21-23-9-3-1-4-10-23/h1-6,9-13,20H,7-8,14-19,21-22H2. The Kier molecular flexibility index (Phi) is 7.05. The Morgan fingerprint density at radius 3 is 1.97 bits per heavy atom. The van der Waals surface area contributed by atoms with Gasteiger partial charge in [-0.3, -0.25) is 14.0 Å². The predicted molar refractivity (Wildman–Crippen MR) is 137 cm³/mol. The first kappa shape index (κ1) is 22.1. The van der Waals surface area contributed by atoms with Crippen LogP contribution in [0.3, 0.4) is 0 Å². The topological polar surface area (TPSA) is 33.4 Å². The SMILES string of the molecule is O=c1n(Cc2ccccc2)c2ccsc2n1CCCCN1CCN(Cc2ccccc2)CC1. The largest absolute Gasteiger partial charge is 0.330 e. The van der Waals surface area contributed by atoms with E-state index in [1.165, 1.54) is 5.56 Å². The van der Waals surface area contributed by atoms with Gasteiger partial charge in [0.15, 0.2) is 0 Å². The number of aryl methyl sites for hydroxylation is 1. The van der Waals surface area contributed by atoms with Crippen LogP contribution < -0.4 is 5.69 Å². The average molecular weight is 461 g/mol. The third kappa shape index (κ3) is 5.29. The maximum Gasteiger partial charge on any atom is 0.330 e. The van der Waals surface area contributed by atoms with E-state index in [1.54, 1.807) is 11.3 Å². The Labute approximate surface area is 199 Å². The number of aromatic nitrogens is 2. The van der Waals surface area contributed by atoms with Crippen LogP contribution in [-0.2, 0) is 19.6 Å². The van der Waals surface area contributed by atoms with Crippen LogP contribution >= 0.6 is 11.3 Å². The number of benzene rings is 2. The van der Waals surface area contributed by atoms with Crippen LogP contribution in [0.4, 0.5) is 0 Å². The molecule has 0 bridgehead atoms. The predicted octanol–water partition coefficient (Wildman–Crippen LogP) is 4.51. The molecule has 2 aromatic heterocycles. The smallest absolute Gasteiger partial charge is 0.301 e. The van der Waals surface area contributed by atoms with Gasteiger partial charge in [0, 0.05) is 39.3 Å². The molecule has 1 saturated heterocycles. The molecule has 0 atom stereocenters. The van der Waals surface area contributed by atoms with E-state index in [4.69, 9.17) is 0 Å². The van der Waals surface area contributed by atoms with Crippen LogP contribution in [0, 0.1) is 0 Å². The lowest BCUT2D eigenvalue weighted by atomic mass is 10.2. The highest BCUT2D eigenvalue weighted by molar-refractivity contribution is 7.16. The Bertz CT molecular complexity index is 1200. The molecule has 172 valence electrons. The van der Waals surface area contributed by atoms with E-state index in [-0.39, 0.29) is 5.69 Å². The fourth-order valence-electron chi connectivity index (χ4n) is 4.77. The molecule has 0 aliphatic carbocycles. The fourth-order valence-corrected chi connectivity index (χ4v) is 5.69. The zero-order valence-corrected chi connectivity index (χ0v) is 19.9. The average Bonchev–Trinajstić information content (AvgIpc) is 3.42. The number of unbranched alkanes of at least 4 members (excludes halogenated alkanes) is 1. The molecule has 33 heavy (non-hydrogen) atoms. The summed E-state index contributed by atoms with van der Waals surface area (Å²) in [5, 5.41) is 2.09. The van der Waals surface area contributed by atoms with E-state index in [9.17, 15) is 4.79 Å². The number of hydrogen-bond donors (Lipinski definition) is 0. The molecule has 0 N–H and O–H groups in total. The number of fused-ring (bicyclic) bond motifs is 1. The number of thiophene rings is 1. The molecular weight excluding hydrogens is 428 g/mol. The minimum absolute atomic E-state index is 0.121. The second-order valence-corrected chi connectivity index (χ2v) is 9.82. The first-order valence-corrected chi connectivity index (χ1v) is 12.8. The minimum Gasteiger partial charge on any atom is -0.301 e. The van der Waals surface area contributed by atoms with Gasteiger partial charge in [-0.15, -0.1) is 11.3 Å². The van der Waals surface area contributed by atoms with Gasteiger partial charge in [0.2, 0.25) is 0 Å². The van der Waals surface area contributed by atoms with E-state index < -0.39 is 0 Å². The lowest BCUT2D eigenvalue weighted by molar-refractivity contribution is 0.125. The molecule has 1 fully saturated rings. The van der Waals surface area contributed by atoms with E-state index in [1.807, 2.05) is 27.3 Å². The summed E-state index contributed by atoms with van der Waals surface area (Å²) in [6, 6.07) is 23.1. The van der Waals surface area contributed by atoms with Crippen molar-refractivity contribution < 1.29 is 0 Å². The molecule has 0 radical (unpaired) electrons. The molecule has 1 aliphatic rings. The third-order valence-corrected chi connectivity index (χ3v) is 7.55. The maximum absolute atomic E-state index is 13.2. The zero-order valence-electron chi connectivity index (χ0n) is 19.1. The van der Waals surface area contributed by atoms with Crippen molar-refractivity contribution in [3.8, 4) is 0 Å². The summed E-state index contributed by atoms with van der Waals surface area (Å²) in [6.07, 6.45) is 2.16. The molecule has 4 aromatic rings. The van der Waals surface area contributed by atoms with Gasteiger partial charge in [-0.1, -0.05) is 60.7 Å². The highest BCUT2D eigenvalue weighted by Gasteiger charge is 2.17. The number of imidazole rings is 1. The minimum atomic E-state index is 0.121. The third-order valence-electron chi connectivity index (χ3n) is 6.63. The molecule has 0 spiro atoms. The molecule has 0 unspecified atom stereocenters. The van der Waals surface area contributed by atoms with Crippen LogP contribution in [0.1, 0.15) is 24.0 Å². The lowest BCUT2D eigenvalue weighted by Gasteiger charge is -2.34. The Hall–Kier alpha value is -2.67. The summed E-state index contributed by atoms with van der Waals surface area (Å²) in [4.78, 5) is 19.4. The van der Waals surface area contributed by atoms with Gasteiger partial charge >= 0.3 is 5.69 Å². The highest BCUT2D eigenvalue weighted by atomic mass is 32.1. The summed E-state index contributed by atoms with van der Waals surface area (Å²) >= 11 is 1.67. The van der Waals surface area contributed by atoms with Crippen molar-refractivity contribution in [3.63, 3.8) is 0 Å². The second-order valence-electron chi connectivity index (χ2n) is 8.93. The molecule has 3 heterocycles. The molecular formula is C27H32N4OS. The van der Waals surface area contributed by atoms with Crippen molar-refractivity contribution >= 4 is 21.7 Å². The van der Waals surface area contributed by atoms with Crippen LogP contribution in [0.15, 0.2) is 76.9 Å². The Balaban J connectivity index is 1.12. The molecule has 0 amide bonds. The van der Waals surface area contributed by atoms with E-state index in [2.05, 4.69) is 63.7 Å². The molecule has 1 aliphatic heterocycles. The number of nitrogens with zero attached hydrogens (tertiary/aromatic N) is 4. The van der Waals surface area contributed by atoms with E-state index in [0.717, 1.165) is 74.6 Å². The maximum atomic E-state index is 13.2. The van der Waals surface area contributed by atoms with Gasteiger partial charge in [0.25, 0.3) is 0 Å². The van der Waals surface area contributed by atoms with Gasteiger partial charge in [0.05, 0.1) is 12.1 Å². The first-order valence-electron chi connectivity index (χ1n) is 12.0. The molecule has 5 nitrogen and oxygen atoms in total. The lowest BCUT2D eigenvalue weighted by Crippen LogP contribution is -2.46. The Morgan fingerprint density at radius 1 is 0.667 bits per heavy atom. The monoisotopic (exact) mass is 460 g/mol. The number of piperazine rings is 1. The van der Waals surface area contributed by atoms with Crippen molar-refractivity contribution in [1.29, 1.82) is 0 Å². The Morgan fingerprint density at radius 2 is 1.27 bits per heavy atom. The van der Waals surface area contributed by atoms with Crippen LogP contribution in [0.25, 0.3) is 10.3 Å². The molecule has 5 rings (SSSR count). The molecule has 0 saturated carbocycles. The van der Waals surface area contributed by atoms with E-state index in [0.29, 0.717) is 6.54 Å². The van der Waals surface area contributed by atoms with Crippen LogP contribution in [0.5, 0.6) is 0 Å². The van der Waals surface area contributed by atoms with Gasteiger partial charge in [-0.2, -0.15) is 0 Å². The first-order chi connectivity index (χ1) is 16.3. The van der Waals surface area contributed by atoms with Gasteiger partial charge in [0.1, 0.15) is 4.83 Å². The summed E-state index contributed by atoms with van der Waals surface area (Å²) in [5.74, 6) is 0. The van der Waals surface area contributed by atoms with E-state index >= 15 is 0 Å². The molecule has 2 aromatic carbocycles. The highest BCUT2D eigenvalue weighted by Crippen LogP contribution is 2.21. The van der Waals surface area contributed by atoms with Crippen molar-refractivity contribution in [2.45, 2.75) is 32.5 Å². The van der Waals surface area contributed by atoms with Gasteiger partial charge in [-0.25, -0.2) is 4.79 Å². The van der Waals surface area contributed by atoms with Gasteiger partial charge in [-0.05, 0) is 42.0 Å². The van der Waals surface area contributed by atoms with Crippen molar-refractivity contribution in [2.75, 3.05) is 32.7 Å². The summed E-state index contributed by atoms with van der Waals surface area (Å²) in [7, 11) is 0. The number of hydrogen-bond acceptors (Lipinski definition) is 4. The summed E-state index contributed by atoms with van der Waals surface area (Å²) in [5.41, 5.74) is 3.74. The van der Waals surface area contributed by atoms with Crippen LogP contribution in [0.2, 0.25) is 0 Å². The zero-order chi connectivity index (χ0) is 22.5. The summed E-state index contributed by atoms with van der Waals surface area (Å²) < 4.78 is 3.91. The fraction of sp³-hybridized carbons (Fsp3) is 0.370. The quantitative estimate of drug-likeness (QED) is 0.345.